The molecule has 0 bridgehead atoms. The summed E-state index contributed by atoms with van der Waals surface area (Å²) in [5.41, 5.74) is 0.0912. The molecule has 1 N–H and O–H groups in total. The lowest BCUT2D eigenvalue weighted by Gasteiger charge is -2.22. The molecular formula is C17H23NO6. The first-order chi connectivity index (χ1) is 11.1. The summed E-state index contributed by atoms with van der Waals surface area (Å²) in [6.45, 7) is 6.50. The molecule has 0 aliphatic rings. The molecule has 0 aromatic heterocycles. The quantitative estimate of drug-likeness (QED) is 0.654. The zero-order chi connectivity index (χ0) is 18.3. The fourth-order valence-corrected chi connectivity index (χ4v) is 1.88. The molecule has 1 amide bonds. The van der Waals surface area contributed by atoms with Gasteiger partial charge in [-0.05, 0) is 38.5 Å². The molecule has 0 aliphatic carbocycles. The first kappa shape index (κ1) is 19.5. The smallest absolute Gasteiger partial charge is 0.408 e. The molecule has 0 saturated heterocycles. The highest BCUT2D eigenvalue weighted by atomic mass is 16.6. The van der Waals surface area contributed by atoms with Gasteiger partial charge in [0.15, 0.2) is 0 Å². The van der Waals surface area contributed by atoms with Crippen molar-refractivity contribution in [1.82, 2.24) is 5.32 Å². The fraction of sp³-hybridized carbons (Fsp3) is 0.471. The number of alkyl carbamates (subject to hydrolysis) is 1. The number of carbonyl (C=O) groups excluding carboxylic acids is 3. The zero-order valence-electron chi connectivity index (χ0n) is 14.5. The van der Waals surface area contributed by atoms with E-state index >= 15 is 0 Å². The summed E-state index contributed by atoms with van der Waals surface area (Å²) in [5, 5.41) is 2.50. The zero-order valence-corrected chi connectivity index (χ0v) is 14.5. The van der Waals surface area contributed by atoms with E-state index in [9.17, 15) is 14.4 Å². The van der Waals surface area contributed by atoms with Gasteiger partial charge >= 0.3 is 18.0 Å². The van der Waals surface area contributed by atoms with Gasteiger partial charge in [0.25, 0.3) is 0 Å². The van der Waals surface area contributed by atoms with Gasteiger partial charge < -0.3 is 19.5 Å². The molecule has 0 aliphatic heterocycles. The number of hydrogen-bond acceptors (Lipinski definition) is 6. The highest BCUT2D eigenvalue weighted by Gasteiger charge is 2.25. The Bertz CT molecular complexity index is 588. The average Bonchev–Trinajstić information content (AvgIpc) is 2.45. The van der Waals surface area contributed by atoms with Crippen LogP contribution in [0.2, 0.25) is 0 Å². The Labute approximate surface area is 141 Å². The highest BCUT2D eigenvalue weighted by molar-refractivity contribution is 5.81. The molecule has 1 rings (SSSR count). The Hall–Kier alpha value is -2.57. The second kappa shape index (κ2) is 8.33. The summed E-state index contributed by atoms with van der Waals surface area (Å²) >= 11 is 0. The van der Waals surface area contributed by atoms with E-state index in [1.54, 1.807) is 45.0 Å². The number of rotatable bonds is 5. The van der Waals surface area contributed by atoms with Crippen molar-refractivity contribution in [2.45, 2.75) is 45.8 Å². The van der Waals surface area contributed by atoms with Crippen molar-refractivity contribution in [3.8, 4) is 5.75 Å². The van der Waals surface area contributed by atoms with Crippen LogP contribution in [0.4, 0.5) is 4.79 Å². The van der Waals surface area contributed by atoms with Crippen LogP contribution in [0, 0.1) is 0 Å². The van der Waals surface area contributed by atoms with Crippen molar-refractivity contribution in [3.05, 3.63) is 29.8 Å². The van der Waals surface area contributed by atoms with Crippen LogP contribution < -0.4 is 10.1 Å². The van der Waals surface area contributed by atoms with E-state index in [2.05, 4.69) is 5.32 Å². The standard InChI is InChI=1S/C17H23NO6/c1-11(19)23-13-8-6-12(7-9-13)10-14(15(20)22-5)18-16(21)24-17(2,3)4/h6-9,14H,10H2,1-5H3,(H,18,21). The van der Waals surface area contributed by atoms with Gasteiger partial charge in [-0.3, -0.25) is 4.79 Å². The average molecular weight is 337 g/mol. The molecule has 7 nitrogen and oxygen atoms in total. The Morgan fingerprint density at radius 1 is 1.12 bits per heavy atom. The Kier molecular flexibility index (Phi) is 6.76. The summed E-state index contributed by atoms with van der Waals surface area (Å²) < 4.78 is 14.8. The van der Waals surface area contributed by atoms with Gasteiger partial charge in [-0.15, -0.1) is 0 Å². The fourth-order valence-electron chi connectivity index (χ4n) is 1.88. The maximum absolute atomic E-state index is 11.9. The maximum Gasteiger partial charge on any atom is 0.408 e. The molecule has 0 spiro atoms. The van der Waals surface area contributed by atoms with Crippen molar-refractivity contribution in [3.63, 3.8) is 0 Å². The van der Waals surface area contributed by atoms with Gasteiger partial charge in [0.2, 0.25) is 0 Å². The third-order valence-electron chi connectivity index (χ3n) is 2.80. The molecule has 24 heavy (non-hydrogen) atoms. The SMILES string of the molecule is COC(=O)C(Cc1ccc(OC(C)=O)cc1)NC(=O)OC(C)(C)C. The van der Waals surface area contributed by atoms with Crippen LogP contribution in [0.25, 0.3) is 0 Å². The molecule has 0 saturated carbocycles. The van der Waals surface area contributed by atoms with E-state index in [4.69, 9.17) is 14.2 Å². The van der Waals surface area contributed by atoms with Crippen molar-refractivity contribution in [2.24, 2.45) is 0 Å². The minimum atomic E-state index is -0.885. The van der Waals surface area contributed by atoms with Crippen LogP contribution in [-0.2, 0) is 25.5 Å². The minimum Gasteiger partial charge on any atom is -0.467 e. The van der Waals surface area contributed by atoms with E-state index in [0.717, 1.165) is 5.56 Å². The number of benzene rings is 1. The predicted molar refractivity (Wildman–Crippen MR) is 86.6 cm³/mol. The molecule has 1 aromatic carbocycles. The van der Waals surface area contributed by atoms with Gasteiger partial charge in [-0.2, -0.15) is 0 Å². The normalized spacial score (nSPS) is 12.0. The molecule has 1 atom stereocenters. The first-order valence-electron chi connectivity index (χ1n) is 7.45. The van der Waals surface area contributed by atoms with Gasteiger partial charge in [-0.1, -0.05) is 12.1 Å². The highest BCUT2D eigenvalue weighted by Crippen LogP contribution is 2.14. The first-order valence-corrected chi connectivity index (χ1v) is 7.45. The molecule has 7 heteroatoms. The van der Waals surface area contributed by atoms with E-state index in [-0.39, 0.29) is 6.42 Å². The van der Waals surface area contributed by atoms with Crippen LogP contribution in [-0.4, -0.2) is 36.8 Å². The monoisotopic (exact) mass is 337 g/mol. The Balaban J connectivity index is 2.77. The van der Waals surface area contributed by atoms with Crippen LogP contribution in [0.1, 0.15) is 33.3 Å². The third kappa shape index (κ3) is 7.13. The summed E-state index contributed by atoms with van der Waals surface area (Å²) in [4.78, 5) is 34.6. The van der Waals surface area contributed by atoms with Gasteiger partial charge in [0.1, 0.15) is 17.4 Å². The van der Waals surface area contributed by atoms with Crippen LogP contribution in [0.3, 0.4) is 0 Å². The summed E-state index contributed by atoms with van der Waals surface area (Å²) in [6.07, 6.45) is -0.485. The molecule has 0 fully saturated rings. The van der Waals surface area contributed by atoms with E-state index in [1.807, 2.05) is 0 Å². The summed E-state index contributed by atoms with van der Waals surface area (Å²) in [5.74, 6) is -0.590. The largest absolute Gasteiger partial charge is 0.467 e. The lowest BCUT2D eigenvalue weighted by atomic mass is 10.1. The number of methoxy groups -OCH3 is 1. The Morgan fingerprint density at radius 2 is 1.71 bits per heavy atom. The van der Waals surface area contributed by atoms with Crippen molar-refractivity contribution in [2.75, 3.05) is 7.11 Å². The number of carbonyl (C=O) groups is 3. The molecular weight excluding hydrogens is 314 g/mol. The Morgan fingerprint density at radius 3 is 2.17 bits per heavy atom. The van der Waals surface area contributed by atoms with Crippen LogP contribution >= 0.6 is 0 Å². The van der Waals surface area contributed by atoms with Gasteiger partial charge in [0, 0.05) is 13.3 Å². The van der Waals surface area contributed by atoms with E-state index < -0.39 is 29.7 Å². The van der Waals surface area contributed by atoms with Crippen molar-refractivity contribution in [1.29, 1.82) is 0 Å². The summed E-state index contributed by atoms with van der Waals surface area (Å²) in [6, 6.07) is 5.73. The molecule has 0 radical (unpaired) electrons. The molecule has 132 valence electrons. The lowest BCUT2D eigenvalue weighted by molar-refractivity contribution is -0.143. The van der Waals surface area contributed by atoms with Gasteiger partial charge in [0.05, 0.1) is 7.11 Å². The van der Waals surface area contributed by atoms with Gasteiger partial charge in [-0.25, -0.2) is 9.59 Å². The topological polar surface area (TPSA) is 90.9 Å². The summed E-state index contributed by atoms with van der Waals surface area (Å²) in [7, 11) is 1.25. The van der Waals surface area contributed by atoms with Crippen molar-refractivity contribution >= 4 is 18.0 Å². The number of hydrogen-bond donors (Lipinski definition) is 1. The second-order valence-electron chi connectivity index (χ2n) is 6.16. The van der Waals surface area contributed by atoms with Crippen molar-refractivity contribution < 1.29 is 28.6 Å². The predicted octanol–water partition coefficient (Wildman–Crippen LogP) is 2.22. The van der Waals surface area contributed by atoms with E-state index in [1.165, 1.54) is 14.0 Å². The molecule has 1 unspecified atom stereocenters. The van der Waals surface area contributed by atoms with Crippen LogP contribution in [0.5, 0.6) is 5.75 Å². The molecule has 0 heterocycles. The second-order valence-corrected chi connectivity index (χ2v) is 6.16. The third-order valence-corrected chi connectivity index (χ3v) is 2.80. The molecule has 1 aromatic rings. The van der Waals surface area contributed by atoms with Crippen LogP contribution in [0.15, 0.2) is 24.3 Å². The number of nitrogens with one attached hydrogen (secondary N) is 1. The minimum absolute atomic E-state index is 0.215. The van der Waals surface area contributed by atoms with E-state index in [0.29, 0.717) is 5.75 Å². The lowest BCUT2D eigenvalue weighted by Crippen LogP contribution is -2.45. The maximum atomic E-state index is 11.9. The number of esters is 2. The number of amides is 1. The number of ether oxygens (including phenoxy) is 3.